The van der Waals surface area contributed by atoms with Gasteiger partial charge in [-0.15, -0.1) is 11.8 Å². The molecular weight excluding hydrogens is 372 g/mol. The highest BCUT2D eigenvalue weighted by molar-refractivity contribution is 7.98. The number of nitrogens with zero attached hydrogens (tertiary/aromatic N) is 1. The molecule has 0 aliphatic rings. The van der Waals surface area contributed by atoms with Crippen LogP contribution in [0.15, 0.2) is 52.4 Å². The summed E-state index contributed by atoms with van der Waals surface area (Å²) in [5, 5.41) is 9.18. The van der Waals surface area contributed by atoms with Gasteiger partial charge in [-0.2, -0.15) is 0 Å². The van der Waals surface area contributed by atoms with E-state index in [1.54, 1.807) is 25.9 Å². The van der Waals surface area contributed by atoms with Gasteiger partial charge in [0.1, 0.15) is 5.75 Å². The SMILES string of the molecule is CN=C(NCC(=O)NCc1ccc(OC)cc1)NCc1ccc(C)cc1SC. The second-order valence-electron chi connectivity index (χ2n) is 6.22. The van der Waals surface area contributed by atoms with E-state index in [0.29, 0.717) is 19.0 Å². The molecule has 0 fully saturated rings. The number of methoxy groups -OCH3 is 1. The van der Waals surface area contributed by atoms with Crippen molar-refractivity contribution in [1.82, 2.24) is 16.0 Å². The summed E-state index contributed by atoms with van der Waals surface area (Å²) in [5.74, 6) is 1.29. The van der Waals surface area contributed by atoms with Gasteiger partial charge in [-0.25, -0.2) is 0 Å². The number of carbonyl (C=O) groups excluding carboxylic acids is 1. The lowest BCUT2D eigenvalue weighted by molar-refractivity contribution is -0.120. The van der Waals surface area contributed by atoms with E-state index in [9.17, 15) is 4.79 Å². The predicted molar refractivity (Wildman–Crippen MR) is 116 cm³/mol. The Balaban J connectivity index is 1.77. The van der Waals surface area contributed by atoms with Crippen molar-refractivity contribution in [2.45, 2.75) is 24.9 Å². The van der Waals surface area contributed by atoms with Crippen LogP contribution in [-0.2, 0) is 17.9 Å². The highest BCUT2D eigenvalue weighted by atomic mass is 32.2. The lowest BCUT2D eigenvalue weighted by Gasteiger charge is -2.14. The van der Waals surface area contributed by atoms with Crippen LogP contribution in [0.4, 0.5) is 0 Å². The number of amides is 1. The molecule has 0 radical (unpaired) electrons. The Morgan fingerprint density at radius 1 is 1.07 bits per heavy atom. The van der Waals surface area contributed by atoms with Gasteiger partial charge in [0.25, 0.3) is 0 Å². The summed E-state index contributed by atoms with van der Waals surface area (Å²) >= 11 is 1.72. The number of hydrogen-bond donors (Lipinski definition) is 3. The molecule has 150 valence electrons. The third-order valence-electron chi connectivity index (χ3n) is 4.18. The number of aliphatic imine (C=N–C) groups is 1. The molecule has 0 aromatic heterocycles. The molecule has 0 aliphatic carbocycles. The second kappa shape index (κ2) is 11.2. The predicted octanol–water partition coefficient (Wildman–Crippen LogP) is 2.71. The zero-order valence-electron chi connectivity index (χ0n) is 16.8. The molecule has 2 aromatic rings. The van der Waals surface area contributed by atoms with Crippen LogP contribution in [0.3, 0.4) is 0 Å². The summed E-state index contributed by atoms with van der Waals surface area (Å²) in [7, 11) is 3.32. The minimum atomic E-state index is -0.0982. The molecule has 7 heteroatoms. The average molecular weight is 401 g/mol. The summed E-state index contributed by atoms with van der Waals surface area (Å²) in [6.07, 6.45) is 2.07. The molecule has 6 nitrogen and oxygen atoms in total. The largest absolute Gasteiger partial charge is 0.497 e. The van der Waals surface area contributed by atoms with E-state index in [1.807, 2.05) is 24.3 Å². The topological polar surface area (TPSA) is 74.8 Å². The van der Waals surface area contributed by atoms with Crippen molar-refractivity contribution >= 4 is 23.6 Å². The molecular formula is C21H28N4O2S. The molecule has 3 N–H and O–H groups in total. The van der Waals surface area contributed by atoms with Gasteiger partial charge >= 0.3 is 0 Å². The molecule has 0 saturated carbocycles. The van der Waals surface area contributed by atoms with Gasteiger partial charge in [0.05, 0.1) is 13.7 Å². The van der Waals surface area contributed by atoms with Crippen LogP contribution in [0, 0.1) is 6.92 Å². The summed E-state index contributed by atoms with van der Waals surface area (Å²) in [6, 6.07) is 14.0. The van der Waals surface area contributed by atoms with E-state index in [1.165, 1.54) is 16.0 Å². The van der Waals surface area contributed by atoms with E-state index < -0.39 is 0 Å². The van der Waals surface area contributed by atoms with Gasteiger partial charge in [-0.1, -0.05) is 24.3 Å². The number of thioether (sulfide) groups is 1. The Hall–Kier alpha value is -2.67. The number of carbonyl (C=O) groups is 1. The van der Waals surface area contributed by atoms with Crippen LogP contribution < -0.4 is 20.7 Å². The van der Waals surface area contributed by atoms with Crippen molar-refractivity contribution in [3.05, 3.63) is 59.2 Å². The maximum atomic E-state index is 12.1. The lowest BCUT2D eigenvalue weighted by atomic mass is 10.1. The van der Waals surface area contributed by atoms with Gasteiger partial charge in [0, 0.05) is 25.0 Å². The normalized spacial score (nSPS) is 11.1. The molecule has 0 aliphatic heterocycles. The van der Waals surface area contributed by atoms with Crippen molar-refractivity contribution < 1.29 is 9.53 Å². The Labute approximate surface area is 171 Å². The molecule has 0 spiro atoms. The third-order valence-corrected chi connectivity index (χ3v) is 5.00. The Morgan fingerprint density at radius 2 is 1.82 bits per heavy atom. The Kier molecular flexibility index (Phi) is 8.68. The van der Waals surface area contributed by atoms with Crippen molar-refractivity contribution in [2.75, 3.05) is 27.0 Å². The van der Waals surface area contributed by atoms with Crippen LogP contribution in [0.5, 0.6) is 5.75 Å². The number of ether oxygens (including phenoxy) is 1. The number of guanidine groups is 1. The van der Waals surface area contributed by atoms with E-state index in [4.69, 9.17) is 4.74 Å². The first-order valence-corrected chi connectivity index (χ1v) is 10.3. The van der Waals surface area contributed by atoms with Gasteiger partial charge in [-0.05, 0) is 48.1 Å². The highest BCUT2D eigenvalue weighted by Crippen LogP contribution is 2.21. The van der Waals surface area contributed by atoms with Crippen molar-refractivity contribution in [1.29, 1.82) is 0 Å². The molecule has 1 amide bonds. The third kappa shape index (κ3) is 6.81. The molecule has 0 bridgehead atoms. The van der Waals surface area contributed by atoms with Gasteiger partial charge in [0.15, 0.2) is 5.96 Å². The number of benzene rings is 2. The fourth-order valence-electron chi connectivity index (χ4n) is 2.57. The zero-order valence-corrected chi connectivity index (χ0v) is 17.7. The molecule has 28 heavy (non-hydrogen) atoms. The Morgan fingerprint density at radius 3 is 2.46 bits per heavy atom. The zero-order chi connectivity index (χ0) is 20.4. The first kappa shape index (κ1) is 21.6. The number of aryl methyl sites for hydroxylation is 1. The van der Waals surface area contributed by atoms with E-state index in [-0.39, 0.29) is 12.5 Å². The minimum absolute atomic E-state index is 0.0982. The maximum Gasteiger partial charge on any atom is 0.239 e. The van der Waals surface area contributed by atoms with Crippen LogP contribution in [0.25, 0.3) is 0 Å². The first-order chi connectivity index (χ1) is 13.5. The summed E-state index contributed by atoms with van der Waals surface area (Å²) < 4.78 is 5.13. The smallest absolute Gasteiger partial charge is 0.239 e. The van der Waals surface area contributed by atoms with Gasteiger partial charge in [-0.3, -0.25) is 9.79 Å². The lowest BCUT2D eigenvalue weighted by Crippen LogP contribution is -2.42. The van der Waals surface area contributed by atoms with Crippen LogP contribution in [-0.4, -0.2) is 38.8 Å². The van der Waals surface area contributed by atoms with Crippen LogP contribution >= 0.6 is 11.8 Å². The van der Waals surface area contributed by atoms with Crippen LogP contribution in [0.2, 0.25) is 0 Å². The molecule has 0 saturated heterocycles. The summed E-state index contributed by atoms with van der Waals surface area (Å²) in [5.41, 5.74) is 3.45. The molecule has 2 aromatic carbocycles. The van der Waals surface area contributed by atoms with Gasteiger partial charge in [0.2, 0.25) is 5.91 Å². The number of nitrogens with one attached hydrogen (secondary N) is 3. The standard InChI is InChI=1S/C21H28N4O2S/c1-15-5-8-17(19(11-15)28-4)13-24-21(22-2)25-14-20(26)23-12-16-6-9-18(27-3)10-7-16/h5-11H,12-14H2,1-4H3,(H,23,26)(H2,22,24,25). The first-order valence-electron chi connectivity index (χ1n) is 9.03. The van der Waals surface area contributed by atoms with Crippen molar-refractivity contribution in [3.8, 4) is 5.75 Å². The summed E-state index contributed by atoms with van der Waals surface area (Å²) in [6.45, 7) is 3.35. The quantitative estimate of drug-likeness (QED) is 0.361. The maximum absolute atomic E-state index is 12.1. The van der Waals surface area contributed by atoms with E-state index >= 15 is 0 Å². The fraction of sp³-hybridized carbons (Fsp3) is 0.333. The summed E-state index contributed by atoms with van der Waals surface area (Å²) in [4.78, 5) is 17.5. The van der Waals surface area contributed by atoms with Gasteiger partial charge < -0.3 is 20.7 Å². The minimum Gasteiger partial charge on any atom is -0.497 e. The monoisotopic (exact) mass is 400 g/mol. The fourth-order valence-corrected chi connectivity index (χ4v) is 3.27. The molecule has 0 atom stereocenters. The van der Waals surface area contributed by atoms with E-state index in [0.717, 1.165) is 11.3 Å². The average Bonchev–Trinajstić information content (AvgIpc) is 2.73. The molecule has 2 rings (SSSR count). The number of rotatable bonds is 8. The van der Waals surface area contributed by atoms with E-state index in [2.05, 4.69) is 52.3 Å². The second-order valence-corrected chi connectivity index (χ2v) is 7.07. The molecule has 0 unspecified atom stereocenters. The van der Waals surface area contributed by atoms with Crippen molar-refractivity contribution in [3.63, 3.8) is 0 Å². The Bertz CT molecular complexity index is 807. The van der Waals surface area contributed by atoms with Crippen molar-refractivity contribution in [2.24, 2.45) is 4.99 Å². The highest BCUT2D eigenvalue weighted by Gasteiger charge is 2.06. The molecule has 0 heterocycles. The number of hydrogen-bond acceptors (Lipinski definition) is 4. The van der Waals surface area contributed by atoms with Crippen LogP contribution in [0.1, 0.15) is 16.7 Å².